The Morgan fingerprint density at radius 2 is 1.39 bits per heavy atom. The van der Waals surface area contributed by atoms with Gasteiger partial charge in [-0.1, -0.05) is 42.5 Å². The van der Waals surface area contributed by atoms with Crippen LogP contribution in [0.4, 0.5) is 16.2 Å². The topological polar surface area (TPSA) is 79.5 Å². The van der Waals surface area contributed by atoms with Crippen LogP contribution < -0.4 is 20.7 Å². The summed E-state index contributed by atoms with van der Waals surface area (Å²) >= 11 is 0. The summed E-state index contributed by atoms with van der Waals surface area (Å²) in [4.78, 5) is 24.2. The molecule has 0 radical (unpaired) electrons. The van der Waals surface area contributed by atoms with Gasteiger partial charge in [0.15, 0.2) is 0 Å². The first-order chi connectivity index (χ1) is 13.7. The van der Waals surface area contributed by atoms with Crippen molar-refractivity contribution < 1.29 is 14.3 Å². The summed E-state index contributed by atoms with van der Waals surface area (Å²) in [6.45, 7) is 0.732. The van der Waals surface area contributed by atoms with Crippen LogP contribution in [-0.4, -0.2) is 25.1 Å². The molecule has 0 aliphatic rings. The quantitative estimate of drug-likeness (QED) is 0.543. The number of benzene rings is 3. The Balaban J connectivity index is 1.46. The minimum atomic E-state index is -0.344. The second kappa shape index (κ2) is 9.78. The largest absolute Gasteiger partial charge is 0.492 e. The van der Waals surface area contributed by atoms with Gasteiger partial charge in [0, 0.05) is 16.9 Å². The second-order valence-electron chi connectivity index (χ2n) is 5.94. The number of hydrogen-bond acceptors (Lipinski definition) is 3. The first-order valence-electron chi connectivity index (χ1n) is 8.90. The molecule has 142 valence electrons. The number of carbonyl (C=O) groups is 2. The SMILES string of the molecule is O=C(NCCOc1ccccc1)Nc1cccc(NC(=O)c2ccccc2)c1. The Bertz CT molecular complexity index is 915. The van der Waals surface area contributed by atoms with Gasteiger partial charge in [-0.15, -0.1) is 0 Å². The molecule has 0 aromatic heterocycles. The summed E-state index contributed by atoms with van der Waals surface area (Å²) in [6, 6.07) is 25.0. The highest BCUT2D eigenvalue weighted by atomic mass is 16.5. The zero-order valence-corrected chi connectivity index (χ0v) is 15.2. The van der Waals surface area contributed by atoms with Gasteiger partial charge in [-0.3, -0.25) is 4.79 Å². The van der Waals surface area contributed by atoms with Gasteiger partial charge in [-0.2, -0.15) is 0 Å². The van der Waals surface area contributed by atoms with Crippen molar-refractivity contribution in [1.29, 1.82) is 0 Å². The minimum Gasteiger partial charge on any atom is -0.492 e. The molecule has 0 unspecified atom stereocenters. The standard InChI is InChI=1S/C22H21N3O3/c26-21(17-8-3-1-4-9-17)24-18-10-7-11-19(16-18)25-22(27)23-14-15-28-20-12-5-2-6-13-20/h1-13,16H,14-15H2,(H,24,26)(H2,23,25,27). The highest BCUT2D eigenvalue weighted by molar-refractivity contribution is 6.04. The monoisotopic (exact) mass is 375 g/mol. The van der Waals surface area contributed by atoms with E-state index in [-0.39, 0.29) is 11.9 Å². The van der Waals surface area contributed by atoms with Gasteiger partial charge in [-0.05, 0) is 42.5 Å². The van der Waals surface area contributed by atoms with Crippen LogP contribution in [0.15, 0.2) is 84.9 Å². The Hall–Kier alpha value is -3.80. The van der Waals surface area contributed by atoms with E-state index in [1.54, 1.807) is 48.5 Å². The summed E-state index contributed by atoms with van der Waals surface area (Å²) in [6.07, 6.45) is 0. The Kier molecular flexibility index (Phi) is 6.62. The third-order valence-electron chi connectivity index (χ3n) is 3.81. The van der Waals surface area contributed by atoms with Crippen molar-refractivity contribution in [3.05, 3.63) is 90.5 Å². The van der Waals surface area contributed by atoms with E-state index in [1.807, 2.05) is 36.4 Å². The lowest BCUT2D eigenvalue weighted by molar-refractivity contribution is 0.102. The van der Waals surface area contributed by atoms with Crippen LogP contribution in [0.25, 0.3) is 0 Å². The maximum Gasteiger partial charge on any atom is 0.319 e. The van der Waals surface area contributed by atoms with Crippen LogP contribution in [0, 0.1) is 0 Å². The fraction of sp³-hybridized carbons (Fsp3) is 0.0909. The van der Waals surface area contributed by atoms with Crippen LogP contribution in [0.1, 0.15) is 10.4 Å². The van der Waals surface area contributed by atoms with Crippen LogP contribution in [0.2, 0.25) is 0 Å². The maximum absolute atomic E-state index is 12.2. The molecule has 3 amide bonds. The van der Waals surface area contributed by atoms with Gasteiger partial charge >= 0.3 is 6.03 Å². The molecule has 0 heterocycles. The molecule has 6 nitrogen and oxygen atoms in total. The van der Waals surface area contributed by atoms with Gasteiger partial charge in [0.1, 0.15) is 12.4 Å². The summed E-state index contributed by atoms with van der Waals surface area (Å²) in [7, 11) is 0. The fourth-order valence-electron chi connectivity index (χ4n) is 2.49. The van der Waals surface area contributed by atoms with E-state index in [0.717, 1.165) is 5.75 Å². The number of urea groups is 1. The van der Waals surface area contributed by atoms with Gasteiger partial charge in [-0.25, -0.2) is 4.79 Å². The maximum atomic E-state index is 12.2. The molecule has 0 aliphatic heterocycles. The van der Waals surface area contributed by atoms with Crippen molar-refractivity contribution in [2.45, 2.75) is 0 Å². The van der Waals surface area contributed by atoms with E-state index in [1.165, 1.54) is 0 Å². The summed E-state index contributed by atoms with van der Waals surface area (Å²) in [5.74, 6) is 0.548. The summed E-state index contributed by atoms with van der Waals surface area (Å²) in [5.41, 5.74) is 1.74. The minimum absolute atomic E-state index is 0.208. The van der Waals surface area contributed by atoms with Crippen LogP contribution in [0.5, 0.6) is 5.75 Å². The molecule has 3 aromatic carbocycles. The number of ether oxygens (including phenoxy) is 1. The number of rotatable bonds is 7. The van der Waals surface area contributed by atoms with Crippen molar-refractivity contribution in [3.8, 4) is 5.75 Å². The van der Waals surface area contributed by atoms with E-state index < -0.39 is 0 Å². The van der Waals surface area contributed by atoms with E-state index in [4.69, 9.17) is 4.74 Å². The highest BCUT2D eigenvalue weighted by Gasteiger charge is 2.07. The molecule has 28 heavy (non-hydrogen) atoms. The molecule has 0 aliphatic carbocycles. The van der Waals surface area contributed by atoms with Crippen molar-refractivity contribution >= 4 is 23.3 Å². The third-order valence-corrected chi connectivity index (χ3v) is 3.81. The number of amides is 3. The van der Waals surface area contributed by atoms with Gasteiger partial charge < -0.3 is 20.7 Å². The number of nitrogens with one attached hydrogen (secondary N) is 3. The molecule has 0 saturated carbocycles. The van der Waals surface area contributed by atoms with E-state index in [2.05, 4.69) is 16.0 Å². The lowest BCUT2D eigenvalue weighted by atomic mass is 10.2. The molecule has 0 saturated heterocycles. The Morgan fingerprint density at radius 3 is 2.11 bits per heavy atom. The average molecular weight is 375 g/mol. The number of hydrogen-bond donors (Lipinski definition) is 3. The molecule has 6 heteroatoms. The molecule has 3 N–H and O–H groups in total. The van der Waals surface area contributed by atoms with Crippen molar-refractivity contribution in [1.82, 2.24) is 5.32 Å². The summed E-state index contributed by atoms with van der Waals surface area (Å²) < 4.78 is 5.52. The molecular weight excluding hydrogens is 354 g/mol. The van der Waals surface area contributed by atoms with Crippen molar-refractivity contribution in [3.63, 3.8) is 0 Å². The number of para-hydroxylation sites is 1. The van der Waals surface area contributed by atoms with Gasteiger partial charge in [0.2, 0.25) is 0 Å². The van der Waals surface area contributed by atoms with Crippen molar-refractivity contribution in [2.24, 2.45) is 0 Å². The molecule has 0 spiro atoms. The lowest BCUT2D eigenvalue weighted by Crippen LogP contribution is -2.32. The molecule has 0 bridgehead atoms. The molecular formula is C22H21N3O3. The average Bonchev–Trinajstić information content (AvgIpc) is 2.73. The molecule has 0 atom stereocenters. The predicted octanol–water partition coefficient (Wildman–Crippen LogP) is 4.14. The molecule has 3 aromatic rings. The zero-order valence-electron chi connectivity index (χ0n) is 15.2. The fourth-order valence-corrected chi connectivity index (χ4v) is 2.49. The first-order valence-corrected chi connectivity index (χ1v) is 8.90. The molecule has 3 rings (SSSR count). The van der Waals surface area contributed by atoms with Crippen LogP contribution >= 0.6 is 0 Å². The lowest BCUT2D eigenvalue weighted by Gasteiger charge is -2.10. The Morgan fingerprint density at radius 1 is 0.750 bits per heavy atom. The Labute approximate surface area is 163 Å². The van der Waals surface area contributed by atoms with E-state index in [9.17, 15) is 9.59 Å². The zero-order chi connectivity index (χ0) is 19.6. The van der Waals surface area contributed by atoms with Gasteiger partial charge in [0.25, 0.3) is 5.91 Å². The third kappa shape index (κ3) is 5.88. The summed E-state index contributed by atoms with van der Waals surface area (Å²) in [5, 5.41) is 8.27. The highest BCUT2D eigenvalue weighted by Crippen LogP contribution is 2.16. The van der Waals surface area contributed by atoms with Gasteiger partial charge in [0.05, 0.1) is 6.54 Å². The first kappa shape index (κ1) is 19.0. The van der Waals surface area contributed by atoms with Crippen molar-refractivity contribution in [2.75, 3.05) is 23.8 Å². The number of anilines is 2. The predicted molar refractivity (Wildman–Crippen MR) is 110 cm³/mol. The normalized spacial score (nSPS) is 10.0. The molecule has 0 fully saturated rings. The second-order valence-corrected chi connectivity index (χ2v) is 5.94. The van der Waals surface area contributed by atoms with Crippen LogP contribution in [0.3, 0.4) is 0 Å². The van der Waals surface area contributed by atoms with Crippen LogP contribution in [-0.2, 0) is 0 Å². The smallest absolute Gasteiger partial charge is 0.319 e. The number of carbonyl (C=O) groups excluding carboxylic acids is 2. The van der Waals surface area contributed by atoms with E-state index in [0.29, 0.717) is 30.1 Å². The van der Waals surface area contributed by atoms with E-state index >= 15 is 0 Å².